The summed E-state index contributed by atoms with van der Waals surface area (Å²) in [5.74, 6) is 0.911. The molecule has 0 aliphatic rings. The first-order valence-corrected chi connectivity index (χ1v) is 7.19. The molecule has 1 atom stereocenters. The molecule has 0 aromatic carbocycles. The van der Waals surface area contributed by atoms with Crippen LogP contribution in [0.15, 0.2) is 10.8 Å². The molecule has 1 aromatic heterocycles. The Kier molecular flexibility index (Phi) is 5.75. The summed E-state index contributed by atoms with van der Waals surface area (Å²) in [6.07, 6.45) is 5.52. The summed E-state index contributed by atoms with van der Waals surface area (Å²) in [7, 11) is 0. The van der Waals surface area contributed by atoms with Gasteiger partial charge >= 0.3 is 0 Å². The zero-order valence-corrected chi connectivity index (χ0v) is 11.4. The number of hydrogen-bond donors (Lipinski definition) is 0. The summed E-state index contributed by atoms with van der Waals surface area (Å²) < 4.78 is 0. The Balaban J connectivity index is 2.52. The fraction of sp³-hybridized carbons (Fsp3) is 0.643. The van der Waals surface area contributed by atoms with E-state index in [1.807, 2.05) is 12.3 Å². The molecule has 0 aliphatic carbocycles. The number of thiophene rings is 1. The van der Waals surface area contributed by atoms with Crippen molar-refractivity contribution in [1.29, 1.82) is 0 Å². The maximum absolute atomic E-state index is 12.1. The van der Waals surface area contributed by atoms with Crippen LogP contribution in [0.4, 0.5) is 0 Å². The van der Waals surface area contributed by atoms with Crippen LogP contribution in [0.5, 0.6) is 0 Å². The Morgan fingerprint density at radius 3 is 2.62 bits per heavy atom. The van der Waals surface area contributed by atoms with Crippen molar-refractivity contribution in [3.8, 4) is 0 Å². The maximum Gasteiger partial charge on any atom is 0.164 e. The van der Waals surface area contributed by atoms with Crippen molar-refractivity contribution < 1.29 is 4.79 Å². The van der Waals surface area contributed by atoms with E-state index in [4.69, 9.17) is 0 Å². The molecule has 0 saturated heterocycles. The van der Waals surface area contributed by atoms with E-state index in [0.29, 0.717) is 11.7 Å². The lowest BCUT2D eigenvalue weighted by Crippen LogP contribution is -2.08. The predicted molar refractivity (Wildman–Crippen MR) is 71.3 cm³/mol. The Bertz CT molecular complexity index is 327. The Morgan fingerprint density at radius 1 is 1.38 bits per heavy atom. The van der Waals surface area contributed by atoms with Crippen LogP contribution in [-0.4, -0.2) is 5.78 Å². The van der Waals surface area contributed by atoms with E-state index in [0.717, 1.165) is 24.0 Å². The van der Waals surface area contributed by atoms with Gasteiger partial charge in [-0.1, -0.05) is 39.5 Å². The van der Waals surface area contributed by atoms with E-state index >= 15 is 0 Å². The number of carbonyl (C=O) groups excluding carboxylic acids is 1. The Hall–Kier alpha value is -0.630. The van der Waals surface area contributed by atoms with Crippen molar-refractivity contribution in [2.24, 2.45) is 5.92 Å². The monoisotopic (exact) mass is 238 g/mol. The number of ketones is 1. The highest BCUT2D eigenvalue weighted by Gasteiger charge is 2.15. The molecule has 1 rings (SSSR count). The van der Waals surface area contributed by atoms with Gasteiger partial charge in [0, 0.05) is 17.4 Å². The average molecular weight is 238 g/mol. The number of rotatable bonds is 7. The molecule has 0 bridgehead atoms. The lowest BCUT2D eigenvalue weighted by molar-refractivity contribution is 0.0957. The molecule has 0 spiro atoms. The van der Waals surface area contributed by atoms with Gasteiger partial charge in [0.1, 0.15) is 0 Å². The first kappa shape index (κ1) is 13.4. The highest BCUT2D eigenvalue weighted by atomic mass is 32.1. The van der Waals surface area contributed by atoms with Crippen molar-refractivity contribution in [2.45, 2.75) is 52.9 Å². The smallest absolute Gasteiger partial charge is 0.164 e. The highest BCUT2D eigenvalue weighted by Crippen LogP contribution is 2.22. The molecular weight excluding hydrogens is 216 g/mol. The lowest BCUT2D eigenvalue weighted by Gasteiger charge is -2.13. The van der Waals surface area contributed by atoms with E-state index in [1.54, 1.807) is 11.3 Å². The fourth-order valence-corrected chi connectivity index (χ4v) is 2.81. The van der Waals surface area contributed by atoms with Crippen molar-refractivity contribution in [3.63, 3.8) is 0 Å². The Labute approximate surface area is 103 Å². The molecule has 0 fully saturated rings. The quantitative estimate of drug-likeness (QED) is 0.621. The van der Waals surface area contributed by atoms with Crippen LogP contribution in [-0.2, 0) is 0 Å². The summed E-state index contributed by atoms with van der Waals surface area (Å²) in [6, 6.07) is 0. The second-order valence-corrected chi connectivity index (χ2v) is 5.26. The van der Waals surface area contributed by atoms with Crippen LogP contribution in [0.3, 0.4) is 0 Å². The van der Waals surface area contributed by atoms with Crippen molar-refractivity contribution >= 4 is 17.1 Å². The van der Waals surface area contributed by atoms with Crippen LogP contribution in [0.1, 0.15) is 61.9 Å². The number of unbranched alkanes of at least 4 members (excludes halogenated alkanes) is 1. The average Bonchev–Trinajstić information content (AvgIpc) is 2.70. The van der Waals surface area contributed by atoms with Crippen LogP contribution < -0.4 is 0 Å². The third kappa shape index (κ3) is 3.75. The molecule has 1 aromatic rings. The van der Waals surface area contributed by atoms with Crippen molar-refractivity contribution in [3.05, 3.63) is 21.9 Å². The summed E-state index contributed by atoms with van der Waals surface area (Å²) in [6.45, 7) is 6.42. The van der Waals surface area contributed by atoms with Gasteiger partial charge in [-0.2, -0.15) is 11.3 Å². The van der Waals surface area contributed by atoms with Gasteiger partial charge in [-0.15, -0.1) is 0 Å². The molecule has 0 aliphatic heterocycles. The van der Waals surface area contributed by atoms with Gasteiger partial charge in [0.25, 0.3) is 0 Å². The molecule has 90 valence electrons. The van der Waals surface area contributed by atoms with Gasteiger partial charge in [0.05, 0.1) is 0 Å². The van der Waals surface area contributed by atoms with Gasteiger partial charge in [-0.25, -0.2) is 0 Å². The molecule has 1 heterocycles. The van der Waals surface area contributed by atoms with Gasteiger partial charge < -0.3 is 0 Å². The first-order chi connectivity index (χ1) is 7.69. The van der Waals surface area contributed by atoms with Crippen LogP contribution in [0.25, 0.3) is 0 Å². The zero-order valence-electron chi connectivity index (χ0n) is 10.6. The second-order valence-electron chi connectivity index (χ2n) is 4.51. The number of aryl methyl sites for hydroxylation is 1. The molecule has 0 N–H and O–H groups in total. The maximum atomic E-state index is 12.1. The van der Waals surface area contributed by atoms with E-state index in [2.05, 4.69) is 19.2 Å². The van der Waals surface area contributed by atoms with Gasteiger partial charge in [0.2, 0.25) is 0 Å². The predicted octanol–water partition coefficient (Wildman–Crippen LogP) is 4.85. The summed E-state index contributed by atoms with van der Waals surface area (Å²) in [5.41, 5.74) is 2.08. The third-order valence-electron chi connectivity index (χ3n) is 3.17. The highest BCUT2D eigenvalue weighted by molar-refractivity contribution is 7.08. The lowest BCUT2D eigenvalue weighted by atomic mass is 9.91. The van der Waals surface area contributed by atoms with Gasteiger partial charge in [0.15, 0.2) is 5.78 Å². The van der Waals surface area contributed by atoms with Crippen molar-refractivity contribution in [1.82, 2.24) is 0 Å². The van der Waals surface area contributed by atoms with E-state index in [9.17, 15) is 4.79 Å². The fourth-order valence-electron chi connectivity index (χ4n) is 1.96. The molecule has 2 heteroatoms. The molecule has 0 saturated carbocycles. The Morgan fingerprint density at radius 2 is 2.12 bits per heavy atom. The van der Waals surface area contributed by atoms with Crippen LogP contribution >= 0.6 is 11.3 Å². The first-order valence-electron chi connectivity index (χ1n) is 6.25. The minimum Gasteiger partial charge on any atom is -0.294 e. The van der Waals surface area contributed by atoms with Gasteiger partial charge in [-0.3, -0.25) is 4.79 Å². The molecule has 0 amide bonds. The van der Waals surface area contributed by atoms with Crippen LogP contribution in [0, 0.1) is 12.8 Å². The molecule has 1 unspecified atom stereocenters. The molecule has 1 nitrogen and oxygen atoms in total. The van der Waals surface area contributed by atoms with E-state index in [1.165, 1.54) is 19.3 Å². The van der Waals surface area contributed by atoms with Crippen molar-refractivity contribution in [2.75, 3.05) is 0 Å². The third-order valence-corrected chi connectivity index (χ3v) is 4.03. The largest absolute Gasteiger partial charge is 0.294 e. The standard InChI is InChI=1S/C14H22OS/c1-4-6-7-12(5-2)8-14(15)13-10-16-9-11(13)3/h9-10,12H,4-8H2,1-3H3. The topological polar surface area (TPSA) is 17.1 Å². The van der Waals surface area contributed by atoms with E-state index < -0.39 is 0 Å². The molecule has 0 radical (unpaired) electrons. The number of hydrogen-bond acceptors (Lipinski definition) is 2. The zero-order chi connectivity index (χ0) is 12.0. The molecular formula is C14H22OS. The normalized spacial score (nSPS) is 12.7. The summed E-state index contributed by atoms with van der Waals surface area (Å²) in [4.78, 5) is 12.1. The second kappa shape index (κ2) is 6.85. The summed E-state index contributed by atoms with van der Waals surface area (Å²) >= 11 is 1.63. The minimum atomic E-state index is 0.335. The number of carbonyl (C=O) groups is 1. The molecule has 16 heavy (non-hydrogen) atoms. The SMILES string of the molecule is CCCCC(CC)CC(=O)c1cscc1C. The summed E-state index contributed by atoms with van der Waals surface area (Å²) in [5, 5.41) is 4.05. The number of Topliss-reactive ketones (excluding diaryl/α,β-unsaturated/α-hetero) is 1. The van der Waals surface area contributed by atoms with Crippen LogP contribution in [0.2, 0.25) is 0 Å². The minimum absolute atomic E-state index is 0.335. The van der Waals surface area contributed by atoms with E-state index in [-0.39, 0.29) is 0 Å². The van der Waals surface area contributed by atoms with Gasteiger partial charge in [-0.05, 0) is 23.8 Å².